The summed E-state index contributed by atoms with van der Waals surface area (Å²) < 4.78 is 5.89. The molecule has 107 valence electrons. The highest BCUT2D eigenvalue weighted by molar-refractivity contribution is 6.57. The van der Waals surface area contributed by atoms with E-state index in [2.05, 4.69) is 30.8 Å². The SMILES string of the molecule is C[B]c1c(OCCN2CCNC2=O)ccc2ccccc12. The lowest BCUT2D eigenvalue weighted by Crippen LogP contribution is -2.32. The lowest BCUT2D eigenvalue weighted by molar-refractivity contribution is 0.203. The van der Waals surface area contributed by atoms with Crippen molar-refractivity contribution < 1.29 is 9.53 Å². The maximum atomic E-state index is 11.5. The van der Waals surface area contributed by atoms with E-state index in [1.807, 2.05) is 25.0 Å². The fourth-order valence-electron chi connectivity index (χ4n) is 2.69. The van der Waals surface area contributed by atoms with Gasteiger partial charge in [-0.25, -0.2) is 4.79 Å². The van der Waals surface area contributed by atoms with Crippen molar-refractivity contribution in [2.75, 3.05) is 26.2 Å². The second kappa shape index (κ2) is 6.08. The molecule has 2 aromatic rings. The molecule has 21 heavy (non-hydrogen) atoms. The van der Waals surface area contributed by atoms with Crippen molar-refractivity contribution in [2.45, 2.75) is 6.82 Å². The van der Waals surface area contributed by atoms with Crippen LogP contribution in [0.25, 0.3) is 10.8 Å². The van der Waals surface area contributed by atoms with Crippen LogP contribution < -0.4 is 15.5 Å². The zero-order valence-electron chi connectivity index (χ0n) is 12.1. The molecule has 1 fully saturated rings. The van der Waals surface area contributed by atoms with Crippen LogP contribution in [0.15, 0.2) is 36.4 Å². The van der Waals surface area contributed by atoms with Crippen LogP contribution in [-0.2, 0) is 0 Å². The fraction of sp³-hybridized carbons (Fsp3) is 0.312. The molecule has 1 heterocycles. The molecule has 0 spiro atoms. The molecule has 2 aromatic carbocycles. The summed E-state index contributed by atoms with van der Waals surface area (Å²) in [5.74, 6) is 0.871. The predicted molar refractivity (Wildman–Crippen MR) is 85.7 cm³/mol. The van der Waals surface area contributed by atoms with Crippen molar-refractivity contribution in [3.63, 3.8) is 0 Å². The van der Waals surface area contributed by atoms with Crippen LogP contribution in [0.4, 0.5) is 4.79 Å². The van der Waals surface area contributed by atoms with E-state index < -0.39 is 0 Å². The summed E-state index contributed by atoms with van der Waals surface area (Å²) in [5, 5.41) is 5.19. The standard InChI is InChI=1S/C16H18BN2O2/c1-17-15-13-5-3-2-4-12(13)6-7-14(15)21-11-10-19-9-8-18-16(19)20/h2-7H,8-11H2,1H3,(H,18,20). The number of rotatable bonds is 5. The fourth-order valence-corrected chi connectivity index (χ4v) is 2.69. The molecule has 2 amide bonds. The molecule has 1 saturated heterocycles. The Labute approximate surface area is 125 Å². The van der Waals surface area contributed by atoms with Crippen molar-refractivity contribution in [3.8, 4) is 5.75 Å². The van der Waals surface area contributed by atoms with Crippen molar-refractivity contribution in [3.05, 3.63) is 36.4 Å². The minimum atomic E-state index is -0.000566. The molecule has 0 saturated carbocycles. The minimum absolute atomic E-state index is 0.000566. The van der Waals surface area contributed by atoms with Gasteiger partial charge in [-0.3, -0.25) is 0 Å². The quantitative estimate of drug-likeness (QED) is 0.846. The number of carbonyl (C=O) groups excluding carboxylic acids is 1. The van der Waals surface area contributed by atoms with Gasteiger partial charge in [-0.15, -0.1) is 0 Å². The topological polar surface area (TPSA) is 41.6 Å². The predicted octanol–water partition coefficient (Wildman–Crippen LogP) is 1.62. The van der Waals surface area contributed by atoms with Crippen LogP contribution in [0.2, 0.25) is 6.82 Å². The van der Waals surface area contributed by atoms with E-state index >= 15 is 0 Å². The molecule has 0 aromatic heterocycles. The van der Waals surface area contributed by atoms with Crippen molar-refractivity contribution >= 4 is 29.5 Å². The summed E-state index contributed by atoms with van der Waals surface area (Å²) in [6, 6.07) is 12.3. The van der Waals surface area contributed by atoms with E-state index in [0.29, 0.717) is 13.2 Å². The van der Waals surface area contributed by atoms with Gasteiger partial charge in [-0.2, -0.15) is 0 Å². The van der Waals surface area contributed by atoms with E-state index in [-0.39, 0.29) is 6.03 Å². The van der Waals surface area contributed by atoms with Crippen LogP contribution in [0.3, 0.4) is 0 Å². The van der Waals surface area contributed by atoms with Crippen molar-refractivity contribution in [1.82, 2.24) is 10.2 Å². The third kappa shape index (κ3) is 2.82. The first-order chi connectivity index (χ1) is 10.3. The van der Waals surface area contributed by atoms with E-state index in [0.717, 1.165) is 24.3 Å². The van der Waals surface area contributed by atoms with Gasteiger partial charge in [-0.05, 0) is 22.3 Å². The van der Waals surface area contributed by atoms with E-state index in [1.165, 1.54) is 10.8 Å². The molecule has 1 aliphatic rings. The monoisotopic (exact) mass is 281 g/mol. The van der Waals surface area contributed by atoms with Crippen molar-refractivity contribution in [1.29, 1.82) is 0 Å². The second-order valence-electron chi connectivity index (χ2n) is 5.05. The third-order valence-corrected chi connectivity index (χ3v) is 3.78. The Bertz CT molecular complexity index is 660. The van der Waals surface area contributed by atoms with Crippen LogP contribution in [0.5, 0.6) is 5.75 Å². The number of carbonyl (C=O) groups is 1. The van der Waals surface area contributed by atoms with E-state index in [4.69, 9.17) is 4.74 Å². The van der Waals surface area contributed by atoms with Crippen molar-refractivity contribution in [2.24, 2.45) is 0 Å². The van der Waals surface area contributed by atoms with Crippen LogP contribution in [-0.4, -0.2) is 44.5 Å². The summed E-state index contributed by atoms with van der Waals surface area (Å²) in [6.07, 6.45) is 0. The molecule has 1 N–H and O–H groups in total. The number of urea groups is 1. The number of benzene rings is 2. The lowest BCUT2D eigenvalue weighted by Gasteiger charge is -2.17. The smallest absolute Gasteiger partial charge is 0.317 e. The number of fused-ring (bicyclic) bond motifs is 1. The number of ether oxygens (including phenoxy) is 1. The Morgan fingerprint density at radius 2 is 2.14 bits per heavy atom. The summed E-state index contributed by atoms with van der Waals surface area (Å²) >= 11 is 0. The largest absolute Gasteiger partial charge is 0.492 e. The maximum Gasteiger partial charge on any atom is 0.317 e. The average molecular weight is 281 g/mol. The number of amides is 2. The molecule has 0 aliphatic carbocycles. The highest BCUT2D eigenvalue weighted by Gasteiger charge is 2.18. The lowest BCUT2D eigenvalue weighted by atomic mass is 9.70. The Kier molecular flexibility index (Phi) is 4.00. The first-order valence-electron chi connectivity index (χ1n) is 7.26. The van der Waals surface area contributed by atoms with Gasteiger partial charge >= 0.3 is 6.03 Å². The Hall–Kier alpha value is -2.17. The highest BCUT2D eigenvalue weighted by atomic mass is 16.5. The summed E-state index contributed by atoms with van der Waals surface area (Å²) in [6.45, 7) is 4.62. The summed E-state index contributed by atoms with van der Waals surface area (Å²) in [5.41, 5.74) is 1.11. The second-order valence-corrected chi connectivity index (χ2v) is 5.05. The van der Waals surface area contributed by atoms with Gasteiger partial charge in [0.25, 0.3) is 0 Å². The first-order valence-corrected chi connectivity index (χ1v) is 7.26. The summed E-state index contributed by atoms with van der Waals surface area (Å²) in [4.78, 5) is 13.2. The average Bonchev–Trinajstić information content (AvgIpc) is 2.92. The van der Waals surface area contributed by atoms with E-state index in [1.54, 1.807) is 4.90 Å². The molecule has 0 unspecified atom stereocenters. The molecule has 4 nitrogen and oxygen atoms in total. The maximum absolute atomic E-state index is 11.5. The van der Waals surface area contributed by atoms with Gasteiger partial charge in [0, 0.05) is 13.1 Å². The summed E-state index contributed by atoms with van der Waals surface area (Å²) in [7, 11) is 2.07. The van der Waals surface area contributed by atoms with Crippen LogP contribution in [0, 0.1) is 0 Å². The van der Waals surface area contributed by atoms with Gasteiger partial charge < -0.3 is 15.0 Å². The first kappa shape index (κ1) is 13.8. The van der Waals surface area contributed by atoms with Gasteiger partial charge in [0.1, 0.15) is 12.4 Å². The molecule has 1 radical (unpaired) electrons. The number of hydrogen-bond acceptors (Lipinski definition) is 2. The molecule has 1 aliphatic heterocycles. The molecular formula is C16H18BN2O2. The van der Waals surface area contributed by atoms with Crippen LogP contribution >= 0.6 is 0 Å². The van der Waals surface area contributed by atoms with E-state index in [9.17, 15) is 4.79 Å². The number of hydrogen-bond donors (Lipinski definition) is 1. The highest BCUT2D eigenvalue weighted by Crippen LogP contribution is 2.18. The van der Waals surface area contributed by atoms with Crippen LogP contribution in [0.1, 0.15) is 0 Å². The zero-order valence-corrected chi connectivity index (χ0v) is 12.1. The number of nitrogens with one attached hydrogen (secondary N) is 1. The Balaban J connectivity index is 1.73. The van der Waals surface area contributed by atoms with Gasteiger partial charge in [0.05, 0.1) is 6.54 Å². The molecule has 5 heteroatoms. The third-order valence-electron chi connectivity index (χ3n) is 3.78. The molecule has 3 rings (SSSR count). The molecule has 0 bridgehead atoms. The normalized spacial score (nSPS) is 14.3. The Morgan fingerprint density at radius 1 is 1.29 bits per heavy atom. The van der Waals surface area contributed by atoms with Gasteiger partial charge in [-0.1, -0.05) is 37.2 Å². The Morgan fingerprint density at radius 3 is 2.90 bits per heavy atom. The zero-order chi connectivity index (χ0) is 14.7. The number of nitrogens with zero attached hydrogens (tertiary/aromatic N) is 1. The minimum Gasteiger partial charge on any atom is -0.492 e. The molecular weight excluding hydrogens is 263 g/mol. The van der Waals surface area contributed by atoms with Gasteiger partial charge in [0.15, 0.2) is 7.28 Å². The molecule has 0 atom stereocenters. The van der Waals surface area contributed by atoms with Gasteiger partial charge in [0.2, 0.25) is 0 Å².